The molecule has 0 spiro atoms. The summed E-state index contributed by atoms with van der Waals surface area (Å²) in [5, 5.41) is 2.82. The number of para-hydroxylation sites is 1. The molecule has 2 rings (SSSR count). The van der Waals surface area contributed by atoms with Crippen LogP contribution >= 0.6 is 11.8 Å². The van der Waals surface area contributed by atoms with Crippen LogP contribution in [0.1, 0.15) is 32.6 Å². The van der Waals surface area contributed by atoms with Gasteiger partial charge in [-0.25, -0.2) is 0 Å². The number of rotatable bonds is 5. The van der Waals surface area contributed by atoms with Gasteiger partial charge >= 0.3 is 5.97 Å². The molecule has 1 saturated carbocycles. The van der Waals surface area contributed by atoms with Crippen molar-refractivity contribution in [2.24, 2.45) is 5.92 Å². The van der Waals surface area contributed by atoms with Crippen LogP contribution in [0.3, 0.4) is 0 Å². The number of carbonyl (C=O) groups is 2. The van der Waals surface area contributed by atoms with Crippen LogP contribution in [0.25, 0.3) is 0 Å². The van der Waals surface area contributed by atoms with E-state index < -0.39 is 6.10 Å². The fourth-order valence-electron chi connectivity index (χ4n) is 2.47. The molecule has 1 aliphatic rings. The van der Waals surface area contributed by atoms with Gasteiger partial charge in [-0.3, -0.25) is 9.59 Å². The van der Waals surface area contributed by atoms with E-state index in [1.54, 1.807) is 18.7 Å². The van der Waals surface area contributed by atoms with Crippen molar-refractivity contribution in [3.8, 4) is 0 Å². The summed E-state index contributed by atoms with van der Waals surface area (Å²) in [6.07, 6.45) is 5.08. The van der Waals surface area contributed by atoms with Gasteiger partial charge < -0.3 is 10.1 Å². The number of benzene rings is 1. The Kier molecular flexibility index (Phi) is 5.67. The summed E-state index contributed by atoms with van der Waals surface area (Å²) in [5.41, 5.74) is 0.749. The predicted molar refractivity (Wildman–Crippen MR) is 84.4 cm³/mol. The number of anilines is 1. The highest BCUT2D eigenvalue weighted by Gasteiger charge is 2.27. The van der Waals surface area contributed by atoms with Crippen molar-refractivity contribution in [3.63, 3.8) is 0 Å². The summed E-state index contributed by atoms with van der Waals surface area (Å²) in [5.74, 6) is -0.560. The number of thioether (sulfide) groups is 1. The van der Waals surface area contributed by atoms with Gasteiger partial charge in [-0.15, -0.1) is 11.8 Å². The Bertz CT molecular complexity index is 512. The van der Waals surface area contributed by atoms with Gasteiger partial charge in [0.2, 0.25) is 0 Å². The third-order valence-corrected chi connectivity index (χ3v) is 4.51. The first-order valence-corrected chi connectivity index (χ1v) is 8.48. The molecular weight excluding hydrogens is 286 g/mol. The molecule has 1 aromatic carbocycles. The van der Waals surface area contributed by atoms with Gasteiger partial charge in [-0.2, -0.15) is 0 Å². The van der Waals surface area contributed by atoms with Gasteiger partial charge in [0, 0.05) is 4.90 Å². The Morgan fingerprint density at radius 3 is 2.62 bits per heavy atom. The number of amides is 1. The lowest BCUT2D eigenvalue weighted by Crippen LogP contribution is -2.32. The first kappa shape index (κ1) is 15.9. The molecule has 1 N–H and O–H groups in total. The Hall–Kier alpha value is -1.49. The maximum absolute atomic E-state index is 12.1. The lowest BCUT2D eigenvalue weighted by atomic mass is 10.1. The largest absolute Gasteiger partial charge is 0.452 e. The summed E-state index contributed by atoms with van der Waals surface area (Å²) in [6, 6.07) is 7.57. The predicted octanol–water partition coefficient (Wildman–Crippen LogP) is 3.47. The van der Waals surface area contributed by atoms with Crippen molar-refractivity contribution in [3.05, 3.63) is 24.3 Å². The number of hydrogen-bond acceptors (Lipinski definition) is 4. The fraction of sp³-hybridized carbons (Fsp3) is 0.500. The molecule has 1 fully saturated rings. The highest BCUT2D eigenvalue weighted by molar-refractivity contribution is 7.98. The van der Waals surface area contributed by atoms with Crippen LogP contribution in [0.15, 0.2) is 29.2 Å². The average molecular weight is 307 g/mol. The summed E-state index contributed by atoms with van der Waals surface area (Å²) >= 11 is 1.56. The average Bonchev–Trinajstić information content (AvgIpc) is 3.02. The maximum atomic E-state index is 12.1. The quantitative estimate of drug-likeness (QED) is 0.668. The van der Waals surface area contributed by atoms with Crippen LogP contribution in [0.4, 0.5) is 5.69 Å². The van der Waals surface area contributed by atoms with Crippen molar-refractivity contribution in [1.82, 2.24) is 0 Å². The molecule has 1 amide bonds. The molecule has 0 unspecified atom stereocenters. The van der Waals surface area contributed by atoms with Gasteiger partial charge in [0.25, 0.3) is 5.91 Å². The highest BCUT2D eigenvalue weighted by Crippen LogP contribution is 2.27. The summed E-state index contributed by atoms with van der Waals surface area (Å²) in [4.78, 5) is 25.0. The van der Waals surface area contributed by atoms with Crippen LogP contribution in [0.2, 0.25) is 0 Å². The lowest BCUT2D eigenvalue weighted by molar-refractivity contribution is -0.157. The molecule has 1 aromatic rings. The number of esters is 1. The zero-order chi connectivity index (χ0) is 15.2. The van der Waals surface area contributed by atoms with Crippen molar-refractivity contribution >= 4 is 29.3 Å². The Morgan fingerprint density at radius 1 is 1.29 bits per heavy atom. The standard InChI is InChI=1S/C16H21NO3S/c1-11(20-16(19)12-7-3-4-8-12)15(18)17-13-9-5-6-10-14(13)21-2/h5-6,9-12H,3-4,7-8H2,1-2H3,(H,17,18)/t11-/m0/s1. The van der Waals surface area contributed by atoms with Gasteiger partial charge in [0.05, 0.1) is 11.6 Å². The smallest absolute Gasteiger partial charge is 0.309 e. The van der Waals surface area contributed by atoms with Crippen LogP contribution in [-0.4, -0.2) is 24.2 Å². The van der Waals surface area contributed by atoms with Gasteiger partial charge in [0.15, 0.2) is 6.10 Å². The van der Waals surface area contributed by atoms with E-state index in [1.807, 2.05) is 30.5 Å². The fourth-order valence-corrected chi connectivity index (χ4v) is 3.02. The van der Waals surface area contributed by atoms with Crippen LogP contribution < -0.4 is 5.32 Å². The molecule has 1 atom stereocenters. The molecule has 0 saturated heterocycles. The molecule has 21 heavy (non-hydrogen) atoms. The monoisotopic (exact) mass is 307 g/mol. The van der Waals surface area contributed by atoms with Crippen molar-refractivity contribution in [2.45, 2.75) is 43.6 Å². The minimum atomic E-state index is -0.770. The zero-order valence-corrected chi connectivity index (χ0v) is 13.2. The van der Waals surface area contributed by atoms with Gasteiger partial charge in [0.1, 0.15) is 0 Å². The molecule has 0 bridgehead atoms. The summed E-state index contributed by atoms with van der Waals surface area (Å²) in [6.45, 7) is 1.61. The Morgan fingerprint density at radius 2 is 1.95 bits per heavy atom. The van der Waals surface area contributed by atoms with E-state index >= 15 is 0 Å². The van der Waals surface area contributed by atoms with Crippen molar-refractivity contribution < 1.29 is 14.3 Å². The lowest BCUT2D eigenvalue weighted by Gasteiger charge is -2.17. The summed E-state index contributed by atoms with van der Waals surface area (Å²) < 4.78 is 5.28. The van der Waals surface area contributed by atoms with Crippen molar-refractivity contribution in [1.29, 1.82) is 0 Å². The molecule has 0 aliphatic heterocycles. The van der Waals surface area contributed by atoms with E-state index in [4.69, 9.17) is 4.74 Å². The number of hydrogen-bond donors (Lipinski definition) is 1. The van der Waals surface area contributed by atoms with E-state index in [0.717, 1.165) is 36.3 Å². The highest BCUT2D eigenvalue weighted by atomic mass is 32.2. The molecule has 0 aromatic heterocycles. The normalized spacial score (nSPS) is 16.5. The second kappa shape index (κ2) is 7.50. The first-order chi connectivity index (χ1) is 10.1. The SMILES string of the molecule is CSc1ccccc1NC(=O)[C@H](C)OC(=O)C1CCCC1. The van der Waals surface area contributed by atoms with E-state index in [0.29, 0.717) is 0 Å². The minimum absolute atomic E-state index is 0.0290. The second-order valence-corrected chi connectivity index (χ2v) is 6.10. The molecule has 1 aliphatic carbocycles. The van der Waals surface area contributed by atoms with Crippen LogP contribution in [0, 0.1) is 5.92 Å². The number of nitrogens with one attached hydrogen (secondary N) is 1. The topological polar surface area (TPSA) is 55.4 Å². The zero-order valence-electron chi connectivity index (χ0n) is 12.4. The van der Waals surface area contributed by atoms with Crippen molar-refractivity contribution in [2.75, 3.05) is 11.6 Å². The third-order valence-electron chi connectivity index (χ3n) is 3.72. The molecule has 114 valence electrons. The summed E-state index contributed by atoms with van der Waals surface area (Å²) in [7, 11) is 0. The third kappa shape index (κ3) is 4.24. The van der Waals surface area contributed by atoms with E-state index in [2.05, 4.69) is 5.32 Å². The molecule has 5 heteroatoms. The van der Waals surface area contributed by atoms with Gasteiger partial charge in [-0.05, 0) is 38.2 Å². The number of ether oxygens (including phenoxy) is 1. The van der Waals surface area contributed by atoms with E-state index in [1.165, 1.54) is 0 Å². The Labute approximate surface area is 129 Å². The van der Waals surface area contributed by atoms with E-state index in [-0.39, 0.29) is 17.8 Å². The Balaban J connectivity index is 1.91. The molecule has 0 radical (unpaired) electrons. The molecular formula is C16H21NO3S. The second-order valence-electron chi connectivity index (χ2n) is 5.25. The first-order valence-electron chi connectivity index (χ1n) is 7.26. The molecule has 4 nitrogen and oxygen atoms in total. The molecule has 0 heterocycles. The maximum Gasteiger partial charge on any atom is 0.309 e. The van der Waals surface area contributed by atoms with Crippen LogP contribution in [-0.2, 0) is 14.3 Å². The number of carbonyl (C=O) groups excluding carboxylic acids is 2. The van der Waals surface area contributed by atoms with E-state index in [9.17, 15) is 9.59 Å². The minimum Gasteiger partial charge on any atom is -0.452 e. The van der Waals surface area contributed by atoms with Gasteiger partial charge in [-0.1, -0.05) is 25.0 Å². The van der Waals surface area contributed by atoms with Crippen LogP contribution in [0.5, 0.6) is 0 Å².